The Kier molecular flexibility index (Phi) is 11.1. The quantitative estimate of drug-likeness (QED) is 0.152. The molecule has 1 atom stereocenters. The molecule has 1 aliphatic rings. The van der Waals surface area contributed by atoms with Gasteiger partial charge in [0.15, 0.2) is 0 Å². The molecule has 0 aliphatic heterocycles. The van der Waals surface area contributed by atoms with Gasteiger partial charge in [-0.15, -0.1) is 0 Å². The van der Waals surface area contributed by atoms with E-state index in [1.165, 1.54) is 25.5 Å². The summed E-state index contributed by atoms with van der Waals surface area (Å²) in [6, 6.07) is 22.7. The summed E-state index contributed by atoms with van der Waals surface area (Å²) in [5.41, 5.74) is 3.88. The van der Waals surface area contributed by atoms with Gasteiger partial charge in [0.05, 0.1) is 18.2 Å². The molecule has 0 saturated heterocycles. The van der Waals surface area contributed by atoms with Crippen molar-refractivity contribution in [3.8, 4) is 17.5 Å². The van der Waals surface area contributed by atoms with E-state index in [2.05, 4.69) is 46.6 Å². The average molecular weight is 637 g/mol. The monoisotopic (exact) mass is 636 g/mol. The van der Waals surface area contributed by atoms with Crippen LogP contribution in [-0.2, 0) is 19.6 Å². The van der Waals surface area contributed by atoms with Crippen LogP contribution in [0.2, 0.25) is 0 Å². The summed E-state index contributed by atoms with van der Waals surface area (Å²) in [6.07, 6.45) is 7.48. The molecule has 47 heavy (non-hydrogen) atoms. The number of nitrogens with one attached hydrogen (secondary N) is 2. The number of carbonyl (C=O) groups is 2. The minimum absolute atomic E-state index is 0.0997. The molecular formula is C38H44N4O5. The molecular weight excluding hydrogens is 592 g/mol. The van der Waals surface area contributed by atoms with Gasteiger partial charge in [-0.2, -0.15) is 0 Å². The van der Waals surface area contributed by atoms with Gasteiger partial charge in [-0.25, -0.2) is 9.97 Å². The normalized spacial score (nSPS) is 13.6. The summed E-state index contributed by atoms with van der Waals surface area (Å²) in [6.45, 7) is 7.73. The molecule has 9 heteroatoms. The molecule has 2 amide bonds. The van der Waals surface area contributed by atoms with Gasteiger partial charge < -0.3 is 24.8 Å². The molecule has 1 unspecified atom stereocenters. The smallest absolute Gasteiger partial charge is 0.253 e. The predicted molar refractivity (Wildman–Crippen MR) is 181 cm³/mol. The molecule has 0 radical (unpaired) electrons. The van der Waals surface area contributed by atoms with E-state index < -0.39 is 0 Å². The van der Waals surface area contributed by atoms with Gasteiger partial charge in [-0.3, -0.25) is 9.59 Å². The molecule has 2 aromatic heterocycles. The van der Waals surface area contributed by atoms with E-state index in [9.17, 15) is 9.59 Å². The van der Waals surface area contributed by atoms with Crippen molar-refractivity contribution in [3.63, 3.8) is 0 Å². The third-order valence-electron chi connectivity index (χ3n) is 8.85. The Morgan fingerprint density at radius 2 is 1.43 bits per heavy atom. The highest BCUT2D eigenvalue weighted by Gasteiger charge is 2.28. The first-order valence-corrected chi connectivity index (χ1v) is 16.2. The third-order valence-corrected chi connectivity index (χ3v) is 8.85. The highest BCUT2D eigenvalue weighted by Crippen LogP contribution is 2.28. The summed E-state index contributed by atoms with van der Waals surface area (Å²) in [7, 11) is 1.63. The first kappa shape index (κ1) is 33.4. The van der Waals surface area contributed by atoms with Crippen molar-refractivity contribution in [2.24, 2.45) is 11.3 Å². The van der Waals surface area contributed by atoms with Crippen LogP contribution >= 0.6 is 0 Å². The Morgan fingerprint density at radius 3 is 2.00 bits per heavy atom. The zero-order valence-electron chi connectivity index (χ0n) is 27.6. The minimum atomic E-state index is -0.237. The van der Waals surface area contributed by atoms with E-state index >= 15 is 0 Å². The van der Waals surface area contributed by atoms with E-state index in [0.717, 1.165) is 35.4 Å². The van der Waals surface area contributed by atoms with Crippen LogP contribution in [-0.4, -0.2) is 41.5 Å². The third kappa shape index (κ3) is 9.54. The van der Waals surface area contributed by atoms with Crippen LogP contribution in [0.3, 0.4) is 0 Å². The zero-order valence-corrected chi connectivity index (χ0v) is 27.6. The van der Waals surface area contributed by atoms with Crippen LogP contribution in [0.1, 0.15) is 77.4 Å². The highest BCUT2D eigenvalue weighted by atomic mass is 16.5. The molecule has 9 nitrogen and oxygen atoms in total. The summed E-state index contributed by atoms with van der Waals surface area (Å²) in [5, 5.41) is 6.13. The maximum absolute atomic E-state index is 13.1. The number of carbonyl (C=O) groups excluding carboxylic acids is 2. The fourth-order valence-corrected chi connectivity index (χ4v) is 5.30. The van der Waals surface area contributed by atoms with E-state index in [-0.39, 0.29) is 23.3 Å². The molecule has 0 bridgehead atoms. The van der Waals surface area contributed by atoms with E-state index in [0.29, 0.717) is 42.0 Å². The van der Waals surface area contributed by atoms with Gasteiger partial charge in [0.2, 0.25) is 11.8 Å². The summed E-state index contributed by atoms with van der Waals surface area (Å²) in [5.74, 6) is 2.00. The maximum atomic E-state index is 13.1. The molecule has 0 spiro atoms. The van der Waals surface area contributed by atoms with Crippen LogP contribution in [0.4, 0.5) is 0 Å². The largest absolute Gasteiger partial charge is 0.497 e. The lowest BCUT2D eigenvalue weighted by molar-refractivity contribution is 0.0901. The number of hydrogen-bond donors (Lipinski definition) is 2. The Labute approximate surface area is 277 Å². The first-order valence-electron chi connectivity index (χ1n) is 16.2. The Balaban J connectivity index is 1.08. The van der Waals surface area contributed by atoms with Crippen molar-refractivity contribution < 1.29 is 23.8 Å². The lowest BCUT2D eigenvalue weighted by Crippen LogP contribution is -2.44. The number of benzene rings is 2. The van der Waals surface area contributed by atoms with E-state index in [1.54, 1.807) is 37.6 Å². The molecule has 2 heterocycles. The standard InChI is InChI=1S/C38H44N4O5/c1-26(42-37(44)32-15-17-35(40-23-32)47-25-30-12-7-13-33(19-30)45-4)38(2,3)20-28-10-6-11-29(18-28)24-46-34-16-14-31(22-39-34)36(43)41-21-27-8-5-9-27/h6-7,10-19,22-23,26-27H,5,8-9,20-21,24-25H2,1-4H3,(H,41,43)(H,42,44). The number of hydrogen-bond acceptors (Lipinski definition) is 7. The predicted octanol–water partition coefficient (Wildman–Crippen LogP) is 6.56. The van der Waals surface area contributed by atoms with Crippen LogP contribution < -0.4 is 24.8 Å². The SMILES string of the molecule is COc1cccc(COc2ccc(C(=O)NC(C)C(C)(C)Cc3cccc(COc4ccc(C(=O)NCC5CCC5)cn4)c3)cn2)c1. The summed E-state index contributed by atoms with van der Waals surface area (Å²) >= 11 is 0. The molecule has 4 aromatic rings. The fraction of sp³-hybridized carbons (Fsp3) is 0.368. The number of rotatable bonds is 15. The van der Waals surface area contributed by atoms with Gasteiger partial charge in [-0.05, 0) is 78.5 Å². The van der Waals surface area contributed by atoms with Crippen LogP contribution in [0.5, 0.6) is 17.5 Å². The molecule has 2 N–H and O–H groups in total. The van der Waals surface area contributed by atoms with Crippen molar-refractivity contribution in [2.45, 2.75) is 65.7 Å². The number of pyridine rings is 2. The van der Waals surface area contributed by atoms with E-state index in [1.807, 2.05) is 43.3 Å². The zero-order chi connectivity index (χ0) is 33.2. The number of methoxy groups -OCH3 is 1. The molecule has 1 fully saturated rings. The Morgan fingerprint density at radius 1 is 0.830 bits per heavy atom. The second-order valence-corrected chi connectivity index (χ2v) is 12.9. The highest BCUT2D eigenvalue weighted by molar-refractivity contribution is 5.94. The van der Waals surface area contributed by atoms with Gasteiger partial charge >= 0.3 is 0 Å². The van der Waals surface area contributed by atoms with Gasteiger partial charge in [-0.1, -0.05) is 56.7 Å². The average Bonchev–Trinajstić information content (AvgIpc) is 3.06. The summed E-state index contributed by atoms with van der Waals surface area (Å²) < 4.78 is 17.0. The van der Waals surface area contributed by atoms with Crippen LogP contribution in [0, 0.1) is 11.3 Å². The number of nitrogens with zero attached hydrogens (tertiary/aromatic N) is 2. The molecule has 1 aliphatic carbocycles. The topological polar surface area (TPSA) is 112 Å². The van der Waals surface area contributed by atoms with E-state index in [4.69, 9.17) is 14.2 Å². The van der Waals surface area contributed by atoms with Crippen molar-refractivity contribution >= 4 is 11.8 Å². The van der Waals surface area contributed by atoms with Gasteiger partial charge in [0, 0.05) is 37.1 Å². The number of aromatic nitrogens is 2. The van der Waals surface area contributed by atoms with Gasteiger partial charge in [0.1, 0.15) is 19.0 Å². The minimum Gasteiger partial charge on any atom is -0.497 e. The van der Waals surface area contributed by atoms with Crippen molar-refractivity contribution in [1.29, 1.82) is 0 Å². The van der Waals surface area contributed by atoms with Crippen LogP contribution in [0.15, 0.2) is 85.2 Å². The lowest BCUT2D eigenvalue weighted by atomic mass is 9.79. The first-order chi connectivity index (χ1) is 22.7. The maximum Gasteiger partial charge on any atom is 0.253 e. The number of ether oxygens (including phenoxy) is 3. The number of amides is 2. The van der Waals surface area contributed by atoms with Crippen LogP contribution in [0.25, 0.3) is 0 Å². The van der Waals surface area contributed by atoms with Crippen molar-refractivity contribution in [1.82, 2.24) is 20.6 Å². The second kappa shape index (κ2) is 15.6. The fourth-order valence-electron chi connectivity index (χ4n) is 5.30. The molecule has 1 saturated carbocycles. The van der Waals surface area contributed by atoms with Crippen molar-refractivity contribution in [3.05, 3.63) is 113 Å². The summed E-state index contributed by atoms with van der Waals surface area (Å²) in [4.78, 5) is 34.1. The molecule has 5 rings (SSSR count). The molecule has 246 valence electrons. The van der Waals surface area contributed by atoms with Gasteiger partial charge in [0.25, 0.3) is 11.8 Å². The molecule has 2 aromatic carbocycles. The second-order valence-electron chi connectivity index (χ2n) is 12.9. The van der Waals surface area contributed by atoms with Crippen molar-refractivity contribution in [2.75, 3.05) is 13.7 Å². The Bertz CT molecular complexity index is 1630. The lowest BCUT2D eigenvalue weighted by Gasteiger charge is -2.33. The Hall–Kier alpha value is -4.92.